The Bertz CT molecular complexity index is 2810. The van der Waals surface area contributed by atoms with Crippen molar-refractivity contribution in [2.75, 3.05) is 0 Å². The molecule has 10 aromatic rings. The molecule has 0 amide bonds. The second-order valence-corrected chi connectivity index (χ2v) is 13.7. The number of aromatic nitrogens is 3. The van der Waals surface area contributed by atoms with Crippen molar-refractivity contribution in [2.24, 2.45) is 0 Å². The van der Waals surface area contributed by atoms with Crippen LogP contribution in [0.2, 0.25) is 0 Å². The second kappa shape index (κ2) is 10.0. The third-order valence-corrected chi connectivity index (χ3v) is 11.3. The molecule has 0 fully saturated rings. The summed E-state index contributed by atoms with van der Waals surface area (Å²) in [7, 11) is 0. The summed E-state index contributed by atoms with van der Waals surface area (Å²) < 4.78 is 4.97. The molecular formula is C41H23N3S2. The average Bonchev–Trinajstić information content (AvgIpc) is 3.70. The van der Waals surface area contributed by atoms with Crippen LogP contribution in [0, 0.1) is 0 Å². The van der Waals surface area contributed by atoms with E-state index in [9.17, 15) is 0 Å². The van der Waals surface area contributed by atoms with Crippen molar-refractivity contribution in [1.82, 2.24) is 15.0 Å². The molecule has 0 atom stereocenters. The molecule has 0 bridgehead atoms. The highest BCUT2D eigenvalue weighted by atomic mass is 32.1. The molecule has 3 nitrogen and oxygen atoms in total. The predicted molar refractivity (Wildman–Crippen MR) is 197 cm³/mol. The molecule has 0 aliphatic rings. The van der Waals surface area contributed by atoms with Crippen molar-refractivity contribution in [1.29, 1.82) is 0 Å². The third-order valence-electron chi connectivity index (χ3n) is 8.92. The van der Waals surface area contributed by atoms with Crippen LogP contribution in [0.3, 0.4) is 0 Å². The molecule has 3 heterocycles. The van der Waals surface area contributed by atoms with E-state index in [-0.39, 0.29) is 0 Å². The summed E-state index contributed by atoms with van der Waals surface area (Å²) in [6.07, 6.45) is 0. The van der Waals surface area contributed by atoms with Gasteiger partial charge in [-0.2, -0.15) is 0 Å². The van der Waals surface area contributed by atoms with E-state index in [0.29, 0.717) is 17.5 Å². The van der Waals surface area contributed by atoms with E-state index in [1.54, 1.807) is 11.3 Å². The molecule has 0 saturated carbocycles. The fourth-order valence-corrected chi connectivity index (χ4v) is 9.32. The molecule has 5 heteroatoms. The summed E-state index contributed by atoms with van der Waals surface area (Å²) in [5.41, 5.74) is 3.02. The van der Waals surface area contributed by atoms with Gasteiger partial charge < -0.3 is 0 Å². The third kappa shape index (κ3) is 3.86. The highest BCUT2D eigenvalue weighted by molar-refractivity contribution is 7.27. The first-order chi connectivity index (χ1) is 22.8. The van der Waals surface area contributed by atoms with E-state index >= 15 is 0 Å². The monoisotopic (exact) mass is 621 g/mol. The molecular weight excluding hydrogens is 599 g/mol. The first-order valence-corrected chi connectivity index (χ1v) is 16.9. The van der Waals surface area contributed by atoms with Gasteiger partial charge in [0.1, 0.15) is 0 Å². The minimum absolute atomic E-state index is 0.673. The van der Waals surface area contributed by atoms with Gasteiger partial charge in [-0.25, -0.2) is 15.0 Å². The Hall–Kier alpha value is -5.49. The average molecular weight is 622 g/mol. The largest absolute Gasteiger partial charge is 0.208 e. The van der Waals surface area contributed by atoms with Crippen LogP contribution in [0.4, 0.5) is 0 Å². The van der Waals surface area contributed by atoms with Gasteiger partial charge in [-0.1, -0.05) is 121 Å². The van der Waals surface area contributed by atoms with E-state index in [2.05, 4.69) is 121 Å². The van der Waals surface area contributed by atoms with Crippen LogP contribution < -0.4 is 0 Å². The van der Waals surface area contributed by atoms with E-state index in [0.717, 1.165) is 16.7 Å². The van der Waals surface area contributed by atoms with Crippen molar-refractivity contribution in [3.05, 3.63) is 140 Å². The second-order valence-electron chi connectivity index (χ2n) is 11.6. The van der Waals surface area contributed by atoms with Crippen molar-refractivity contribution in [2.45, 2.75) is 0 Å². The van der Waals surface area contributed by atoms with Gasteiger partial charge in [0.2, 0.25) is 0 Å². The van der Waals surface area contributed by atoms with Crippen LogP contribution in [0.1, 0.15) is 0 Å². The Morgan fingerprint density at radius 2 is 0.978 bits per heavy atom. The summed E-state index contributed by atoms with van der Waals surface area (Å²) in [4.78, 5) is 15.5. The van der Waals surface area contributed by atoms with Gasteiger partial charge in [-0.3, -0.25) is 0 Å². The molecule has 0 saturated heterocycles. The molecule has 0 aliphatic heterocycles. The molecule has 3 aromatic heterocycles. The normalized spacial score (nSPS) is 11.9. The van der Waals surface area contributed by atoms with Crippen LogP contribution in [0.25, 0.3) is 96.1 Å². The summed E-state index contributed by atoms with van der Waals surface area (Å²) in [6.45, 7) is 0. The Labute approximate surface area is 272 Å². The molecule has 0 N–H and O–H groups in total. The molecule has 0 radical (unpaired) electrons. The number of hydrogen-bond donors (Lipinski definition) is 0. The zero-order chi connectivity index (χ0) is 30.2. The van der Waals surface area contributed by atoms with E-state index in [4.69, 9.17) is 15.0 Å². The zero-order valence-corrected chi connectivity index (χ0v) is 26.1. The van der Waals surface area contributed by atoms with Gasteiger partial charge in [0.05, 0.1) is 0 Å². The topological polar surface area (TPSA) is 38.7 Å². The van der Waals surface area contributed by atoms with Crippen LogP contribution >= 0.6 is 22.7 Å². The van der Waals surface area contributed by atoms with Gasteiger partial charge in [0, 0.05) is 62.4 Å². The summed E-state index contributed by atoms with van der Waals surface area (Å²) in [6, 6.07) is 49.5. The van der Waals surface area contributed by atoms with Gasteiger partial charge in [0.15, 0.2) is 17.5 Å². The standard InChI is InChI=1S/C41H23N3S2/c1-2-11-26(12-3-1)39-42-40(44-41(43-39)32-17-8-15-29-28-14-6-7-18-33(28)45-37(29)32)31-16-9-19-34-36(31)30-23-22-25-21-20-24-10-4-5-13-27(24)35(25)38(30)46-34/h1-23H. The number of hydrogen-bond acceptors (Lipinski definition) is 5. The Morgan fingerprint density at radius 3 is 1.89 bits per heavy atom. The predicted octanol–water partition coefficient (Wildman–Crippen LogP) is 11.9. The maximum atomic E-state index is 5.26. The first kappa shape index (κ1) is 25.8. The van der Waals surface area contributed by atoms with Crippen LogP contribution in [0.5, 0.6) is 0 Å². The molecule has 46 heavy (non-hydrogen) atoms. The van der Waals surface area contributed by atoms with Crippen molar-refractivity contribution >= 4 is 84.6 Å². The minimum atomic E-state index is 0.673. The zero-order valence-electron chi connectivity index (χ0n) is 24.4. The fraction of sp³-hybridized carbons (Fsp3) is 0. The van der Waals surface area contributed by atoms with Crippen molar-refractivity contribution < 1.29 is 0 Å². The maximum Gasteiger partial charge on any atom is 0.165 e. The Morgan fingerprint density at radius 1 is 0.348 bits per heavy atom. The van der Waals surface area contributed by atoms with Crippen LogP contribution in [0.15, 0.2) is 140 Å². The molecule has 0 aliphatic carbocycles. The number of thiophene rings is 2. The quantitative estimate of drug-likeness (QED) is 0.184. The number of rotatable bonds is 3. The van der Waals surface area contributed by atoms with E-state index in [1.807, 2.05) is 29.5 Å². The number of fused-ring (bicyclic) bond motifs is 10. The smallest absolute Gasteiger partial charge is 0.165 e. The van der Waals surface area contributed by atoms with E-state index < -0.39 is 0 Å². The fourth-order valence-electron chi connectivity index (χ4n) is 6.81. The molecule has 214 valence electrons. The molecule has 0 spiro atoms. The first-order valence-electron chi connectivity index (χ1n) is 15.3. The number of benzene rings is 7. The molecule has 7 aromatic carbocycles. The van der Waals surface area contributed by atoms with Gasteiger partial charge in [-0.05, 0) is 34.4 Å². The molecule has 10 rings (SSSR count). The highest BCUT2D eigenvalue weighted by Gasteiger charge is 2.20. The van der Waals surface area contributed by atoms with Crippen molar-refractivity contribution in [3.8, 4) is 34.2 Å². The molecule has 0 unspecified atom stereocenters. The lowest BCUT2D eigenvalue weighted by Crippen LogP contribution is -2.00. The SMILES string of the molecule is c1ccc(-c2nc(-c3cccc4c3sc3ccccc34)nc(-c3cccc4sc5c(ccc6ccc7ccccc7c65)c34)n2)cc1. The van der Waals surface area contributed by atoms with E-state index in [1.165, 1.54) is 61.9 Å². The van der Waals surface area contributed by atoms with Gasteiger partial charge in [0.25, 0.3) is 0 Å². The minimum Gasteiger partial charge on any atom is -0.208 e. The Kier molecular flexibility index (Phi) is 5.61. The summed E-state index contributed by atoms with van der Waals surface area (Å²) in [5, 5.41) is 10.0. The maximum absolute atomic E-state index is 5.26. The van der Waals surface area contributed by atoms with Crippen LogP contribution in [-0.2, 0) is 0 Å². The Balaban J connectivity index is 1.28. The highest BCUT2D eigenvalue weighted by Crippen LogP contribution is 2.45. The van der Waals surface area contributed by atoms with Crippen molar-refractivity contribution in [3.63, 3.8) is 0 Å². The van der Waals surface area contributed by atoms with Crippen LogP contribution in [-0.4, -0.2) is 15.0 Å². The van der Waals surface area contributed by atoms with Gasteiger partial charge in [-0.15, -0.1) is 22.7 Å². The van der Waals surface area contributed by atoms with Gasteiger partial charge >= 0.3 is 0 Å². The lowest BCUT2D eigenvalue weighted by molar-refractivity contribution is 1.08. The summed E-state index contributed by atoms with van der Waals surface area (Å²) in [5.74, 6) is 2.05. The number of nitrogens with zero attached hydrogens (tertiary/aromatic N) is 3. The summed E-state index contributed by atoms with van der Waals surface area (Å²) >= 11 is 3.65. The lowest BCUT2D eigenvalue weighted by Gasteiger charge is -2.10. The lowest BCUT2D eigenvalue weighted by atomic mass is 9.98.